The van der Waals surface area contributed by atoms with Crippen LogP contribution in [0.15, 0.2) is 92.8 Å². The molecule has 0 spiro atoms. The lowest BCUT2D eigenvalue weighted by molar-refractivity contribution is -0.115. The Hall–Kier alpha value is -4.84. The van der Waals surface area contributed by atoms with Crippen molar-refractivity contribution in [3.8, 4) is 0 Å². The average Bonchev–Trinajstić information content (AvgIpc) is 3.06. The molecule has 0 aliphatic heterocycles. The molecule has 5 aromatic rings. The molecule has 0 fully saturated rings. The lowest BCUT2D eigenvalue weighted by Crippen LogP contribution is -2.23. The number of hydrogen-bond donors (Lipinski definition) is 7. The second kappa shape index (κ2) is 15.8. The van der Waals surface area contributed by atoms with Crippen LogP contribution in [0.5, 0.6) is 0 Å². The van der Waals surface area contributed by atoms with Crippen molar-refractivity contribution >= 4 is 132 Å². The van der Waals surface area contributed by atoms with Gasteiger partial charge in [0.1, 0.15) is 20.3 Å². The Kier molecular flexibility index (Phi) is 11.7. The monoisotopic (exact) mass is 896 g/mol. The molecule has 270 valence electrons. The van der Waals surface area contributed by atoms with E-state index in [0.717, 1.165) is 6.07 Å². The standard InChI is InChI=1S/C29H23Br2ClN10O8S2/c30-13-18(31)25(43)34-14-6-9-24(52(48,49)50)22(12-14)37-29-39-26(32)38-28(40-29)35-15-5-7-20(21(11-15)36-27(33)44)42-41-19-8-10-23(51(45,46)47)17-4-2-1-3-16(17)19/h1-12,18H,13H2,(H,34,43)(H3,33,36,44)(H,45,46,47)(H,48,49,50)(H2,35,37,38,39,40). The summed E-state index contributed by atoms with van der Waals surface area (Å²) in [5.74, 6) is -0.843. The molecule has 23 heteroatoms. The molecule has 0 saturated heterocycles. The minimum atomic E-state index is -4.76. The van der Waals surface area contributed by atoms with Crippen LogP contribution in [0.2, 0.25) is 5.28 Å². The zero-order valence-corrected chi connectivity index (χ0v) is 31.4. The maximum Gasteiger partial charge on any atom is 0.316 e. The summed E-state index contributed by atoms with van der Waals surface area (Å²) in [6.45, 7) is 0. The third-order valence-electron chi connectivity index (χ3n) is 6.71. The highest BCUT2D eigenvalue weighted by molar-refractivity contribution is 9.12. The van der Waals surface area contributed by atoms with Gasteiger partial charge in [-0.1, -0.05) is 56.1 Å². The first-order chi connectivity index (χ1) is 24.5. The topological polar surface area (TPSA) is 280 Å². The number of nitrogens with two attached hydrogens (primary N) is 1. The predicted molar refractivity (Wildman–Crippen MR) is 200 cm³/mol. The van der Waals surface area contributed by atoms with Crippen molar-refractivity contribution in [2.75, 3.05) is 26.6 Å². The minimum Gasteiger partial charge on any atom is -0.351 e. The zero-order chi connectivity index (χ0) is 37.8. The van der Waals surface area contributed by atoms with Crippen LogP contribution in [-0.2, 0) is 25.0 Å². The van der Waals surface area contributed by atoms with Crippen LogP contribution in [0, 0.1) is 0 Å². The van der Waals surface area contributed by atoms with Gasteiger partial charge in [-0.15, -0.1) is 10.2 Å². The molecule has 0 aliphatic carbocycles. The van der Waals surface area contributed by atoms with Crippen molar-refractivity contribution in [2.24, 2.45) is 16.0 Å². The van der Waals surface area contributed by atoms with Crippen molar-refractivity contribution in [3.05, 3.63) is 78.1 Å². The molecule has 0 saturated carbocycles. The number of anilines is 6. The van der Waals surface area contributed by atoms with Gasteiger partial charge in [-0.05, 0) is 60.1 Å². The van der Waals surface area contributed by atoms with Gasteiger partial charge in [-0.3, -0.25) is 13.9 Å². The molecule has 0 radical (unpaired) electrons. The Morgan fingerprint density at radius 3 is 2.00 bits per heavy atom. The van der Waals surface area contributed by atoms with Crippen LogP contribution in [0.4, 0.5) is 50.8 Å². The van der Waals surface area contributed by atoms with Crippen LogP contribution in [0.3, 0.4) is 0 Å². The molecule has 1 unspecified atom stereocenters. The summed E-state index contributed by atoms with van der Waals surface area (Å²) in [4.78, 5) is 34.9. The van der Waals surface area contributed by atoms with Gasteiger partial charge >= 0.3 is 6.03 Å². The van der Waals surface area contributed by atoms with E-state index in [-0.39, 0.29) is 61.6 Å². The molecule has 18 nitrogen and oxygen atoms in total. The van der Waals surface area contributed by atoms with E-state index >= 15 is 0 Å². The number of aromatic nitrogens is 3. The van der Waals surface area contributed by atoms with Gasteiger partial charge in [0.15, 0.2) is 0 Å². The SMILES string of the molecule is NC(=O)Nc1cc(Nc2nc(Cl)nc(Nc3cc(NC(=O)C(Br)CBr)ccc3S(=O)(=O)O)n2)ccc1N=Nc1ccc(S(=O)(=O)O)c2ccccc12. The number of carbonyl (C=O) groups is 2. The van der Waals surface area contributed by atoms with E-state index in [9.17, 15) is 35.5 Å². The highest BCUT2D eigenvalue weighted by Gasteiger charge is 2.20. The molecule has 5 rings (SSSR count). The van der Waals surface area contributed by atoms with E-state index in [1.807, 2.05) is 0 Å². The van der Waals surface area contributed by atoms with Crippen molar-refractivity contribution in [2.45, 2.75) is 14.6 Å². The third-order valence-corrected chi connectivity index (χ3v) is 11.0. The number of benzene rings is 4. The van der Waals surface area contributed by atoms with E-state index in [0.29, 0.717) is 10.7 Å². The molecule has 52 heavy (non-hydrogen) atoms. The van der Waals surface area contributed by atoms with Crippen molar-refractivity contribution in [1.29, 1.82) is 0 Å². The molecule has 1 atom stereocenters. The minimum absolute atomic E-state index is 0.0842. The number of urea groups is 1. The van der Waals surface area contributed by atoms with Crippen LogP contribution in [0.25, 0.3) is 10.8 Å². The summed E-state index contributed by atoms with van der Waals surface area (Å²) < 4.78 is 67.4. The first kappa shape index (κ1) is 38.4. The van der Waals surface area contributed by atoms with E-state index in [1.165, 1.54) is 48.5 Å². The van der Waals surface area contributed by atoms with Crippen LogP contribution < -0.4 is 27.0 Å². The predicted octanol–water partition coefficient (Wildman–Crippen LogP) is 6.66. The number of azo groups is 1. The fourth-order valence-corrected chi connectivity index (χ4v) is 6.43. The molecular weight excluding hydrogens is 876 g/mol. The number of halogens is 3. The van der Waals surface area contributed by atoms with E-state index in [4.69, 9.17) is 17.3 Å². The van der Waals surface area contributed by atoms with Gasteiger partial charge in [-0.2, -0.15) is 31.8 Å². The van der Waals surface area contributed by atoms with E-state index < -0.39 is 41.9 Å². The summed E-state index contributed by atoms with van der Waals surface area (Å²) in [5.41, 5.74) is 6.10. The summed E-state index contributed by atoms with van der Waals surface area (Å²) >= 11 is 12.5. The van der Waals surface area contributed by atoms with Gasteiger partial charge in [0.25, 0.3) is 20.2 Å². The van der Waals surface area contributed by atoms with Gasteiger partial charge in [0.2, 0.25) is 23.1 Å². The van der Waals surface area contributed by atoms with Crippen LogP contribution in [0.1, 0.15) is 0 Å². The highest BCUT2D eigenvalue weighted by Crippen LogP contribution is 2.35. The number of nitrogens with zero attached hydrogens (tertiary/aromatic N) is 5. The van der Waals surface area contributed by atoms with Crippen molar-refractivity contribution in [3.63, 3.8) is 0 Å². The van der Waals surface area contributed by atoms with Gasteiger partial charge in [0.05, 0.1) is 17.1 Å². The number of carbonyl (C=O) groups excluding carboxylic acids is 2. The summed E-state index contributed by atoms with van der Waals surface area (Å²) in [7, 11) is -9.28. The Morgan fingerprint density at radius 1 is 0.769 bits per heavy atom. The maximum atomic E-state index is 12.3. The quantitative estimate of drug-likeness (QED) is 0.0392. The van der Waals surface area contributed by atoms with Gasteiger partial charge in [-0.25, -0.2) is 4.79 Å². The number of fused-ring (bicyclic) bond motifs is 1. The van der Waals surface area contributed by atoms with Crippen LogP contribution >= 0.6 is 43.5 Å². The Morgan fingerprint density at radius 2 is 1.35 bits per heavy atom. The lowest BCUT2D eigenvalue weighted by atomic mass is 10.1. The Balaban J connectivity index is 1.44. The maximum absolute atomic E-state index is 12.3. The fraction of sp³-hybridized carbons (Fsp3) is 0.0690. The summed E-state index contributed by atoms with van der Waals surface area (Å²) in [6.07, 6.45) is 0. The second-order valence-electron chi connectivity index (χ2n) is 10.3. The summed E-state index contributed by atoms with van der Waals surface area (Å²) in [5, 5.41) is 19.5. The highest BCUT2D eigenvalue weighted by atomic mass is 79.9. The molecule has 8 N–H and O–H groups in total. The summed E-state index contributed by atoms with van der Waals surface area (Å²) in [6, 6.07) is 15.9. The Bertz CT molecular complexity index is 2480. The van der Waals surface area contributed by atoms with Crippen LogP contribution in [-0.4, -0.2) is 63.0 Å². The number of nitrogens with one attached hydrogen (secondary N) is 4. The normalized spacial score (nSPS) is 12.4. The largest absolute Gasteiger partial charge is 0.351 e. The van der Waals surface area contributed by atoms with Gasteiger partial charge in [0, 0.05) is 27.5 Å². The first-order valence-corrected chi connectivity index (χ1v) is 19.5. The molecule has 1 heterocycles. The number of rotatable bonds is 12. The number of alkyl halides is 2. The van der Waals surface area contributed by atoms with E-state index in [1.54, 1.807) is 18.2 Å². The molecule has 3 amide bonds. The third kappa shape index (κ3) is 9.52. The number of primary amides is 1. The first-order valence-electron chi connectivity index (χ1n) is 14.2. The average molecular weight is 899 g/mol. The zero-order valence-electron chi connectivity index (χ0n) is 25.8. The molecular formula is C29H23Br2ClN10O8S2. The fourth-order valence-electron chi connectivity index (χ4n) is 4.54. The number of amides is 3. The van der Waals surface area contributed by atoms with E-state index in [2.05, 4.69) is 78.3 Å². The lowest BCUT2D eigenvalue weighted by Gasteiger charge is -2.14. The van der Waals surface area contributed by atoms with Crippen molar-refractivity contribution < 1.29 is 35.5 Å². The second-order valence-corrected chi connectivity index (χ2v) is 15.2. The molecule has 4 aromatic carbocycles. The molecule has 0 bridgehead atoms. The van der Waals surface area contributed by atoms with Crippen molar-refractivity contribution in [1.82, 2.24) is 15.0 Å². The van der Waals surface area contributed by atoms with Gasteiger partial charge < -0.3 is 27.0 Å². The number of hydrogen-bond acceptors (Lipinski definition) is 13. The molecule has 0 aliphatic rings. The smallest absolute Gasteiger partial charge is 0.316 e. The Labute approximate surface area is 316 Å². The molecule has 1 aromatic heterocycles.